The Morgan fingerprint density at radius 2 is 2.06 bits per heavy atom. The maximum atomic E-state index is 6.09. The van der Waals surface area contributed by atoms with Crippen LogP contribution >= 0.6 is 23.4 Å². The SMILES string of the molecule is COc1ccc(-c2[c]cc(SC)cc2)cc1Cl. The molecule has 0 atom stereocenters. The van der Waals surface area contributed by atoms with E-state index in [1.165, 1.54) is 4.90 Å². The fraction of sp³-hybridized carbons (Fsp3) is 0.143. The molecule has 2 rings (SSSR count). The molecule has 0 amide bonds. The van der Waals surface area contributed by atoms with Crippen LogP contribution in [0.2, 0.25) is 5.02 Å². The lowest BCUT2D eigenvalue weighted by Crippen LogP contribution is -1.85. The topological polar surface area (TPSA) is 9.23 Å². The maximum Gasteiger partial charge on any atom is 0.137 e. The standard InChI is InChI=1S/C14H12ClOS/c1-16-14-8-5-11(9-13(14)15)10-3-6-12(17-2)7-4-10/h3,5-9H,1-2H3. The molecule has 0 heterocycles. The van der Waals surface area contributed by atoms with Gasteiger partial charge in [0.15, 0.2) is 0 Å². The van der Waals surface area contributed by atoms with Gasteiger partial charge in [0.05, 0.1) is 12.1 Å². The summed E-state index contributed by atoms with van der Waals surface area (Å²) >= 11 is 7.80. The smallest absolute Gasteiger partial charge is 0.137 e. The van der Waals surface area contributed by atoms with Gasteiger partial charge in [0.25, 0.3) is 0 Å². The second-order valence-corrected chi connectivity index (χ2v) is 4.78. The van der Waals surface area contributed by atoms with Crippen molar-refractivity contribution < 1.29 is 4.74 Å². The van der Waals surface area contributed by atoms with E-state index in [1.54, 1.807) is 18.9 Å². The van der Waals surface area contributed by atoms with Crippen LogP contribution in [0.15, 0.2) is 41.3 Å². The van der Waals surface area contributed by atoms with Crippen LogP contribution in [0.25, 0.3) is 11.1 Å². The van der Waals surface area contributed by atoms with Crippen LogP contribution in [-0.2, 0) is 0 Å². The van der Waals surface area contributed by atoms with Gasteiger partial charge >= 0.3 is 0 Å². The number of methoxy groups -OCH3 is 1. The van der Waals surface area contributed by atoms with Gasteiger partial charge in [-0.2, -0.15) is 0 Å². The van der Waals surface area contributed by atoms with E-state index in [0.29, 0.717) is 10.8 Å². The van der Waals surface area contributed by atoms with Crippen molar-refractivity contribution in [3.63, 3.8) is 0 Å². The molecule has 17 heavy (non-hydrogen) atoms. The van der Waals surface area contributed by atoms with Gasteiger partial charge in [-0.1, -0.05) is 23.7 Å². The zero-order chi connectivity index (χ0) is 12.3. The number of benzene rings is 2. The average Bonchev–Trinajstić information content (AvgIpc) is 2.39. The van der Waals surface area contributed by atoms with Gasteiger partial charge < -0.3 is 4.74 Å². The minimum Gasteiger partial charge on any atom is -0.495 e. The summed E-state index contributed by atoms with van der Waals surface area (Å²) in [4.78, 5) is 1.20. The molecule has 0 aliphatic rings. The van der Waals surface area contributed by atoms with Crippen LogP contribution in [0.1, 0.15) is 0 Å². The Balaban J connectivity index is 2.35. The van der Waals surface area contributed by atoms with Crippen molar-refractivity contribution in [3.8, 4) is 16.9 Å². The van der Waals surface area contributed by atoms with E-state index < -0.39 is 0 Å². The fourth-order valence-corrected chi connectivity index (χ4v) is 2.19. The molecule has 0 fully saturated rings. The van der Waals surface area contributed by atoms with Crippen LogP contribution in [0.5, 0.6) is 5.75 Å². The minimum atomic E-state index is 0.618. The molecule has 3 heteroatoms. The van der Waals surface area contributed by atoms with Gasteiger partial charge in [-0.05, 0) is 47.7 Å². The molecule has 87 valence electrons. The lowest BCUT2D eigenvalue weighted by molar-refractivity contribution is 0.415. The molecule has 0 unspecified atom stereocenters. The Hall–Kier alpha value is -1.12. The molecular weight excluding hydrogens is 252 g/mol. The third kappa shape index (κ3) is 2.76. The summed E-state index contributed by atoms with van der Waals surface area (Å²) < 4.78 is 5.13. The highest BCUT2D eigenvalue weighted by atomic mass is 35.5. The third-order valence-corrected chi connectivity index (χ3v) is 3.50. The highest BCUT2D eigenvalue weighted by molar-refractivity contribution is 7.98. The Morgan fingerprint density at radius 3 is 2.59 bits per heavy atom. The second-order valence-electron chi connectivity index (χ2n) is 3.49. The fourth-order valence-electron chi connectivity index (χ4n) is 1.55. The van der Waals surface area contributed by atoms with Gasteiger partial charge in [-0.25, -0.2) is 0 Å². The predicted molar refractivity (Wildman–Crippen MR) is 74.1 cm³/mol. The number of hydrogen-bond acceptors (Lipinski definition) is 2. The highest BCUT2D eigenvalue weighted by Gasteiger charge is 2.04. The first kappa shape index (κ1) is 12.3. The van der Waals surface area contributed by atoms with Crippen molar-refractivity contribution in [2.45, 2.75) is 4.90 Å². The molecule has 0 saturated carbocycles. The van der Waals surface area contributed by atoms with E-state index in [0.717, 1.165) is 11.1 Å². The van der Waals surface area contributed by atoms with Gasteiger partial charge in [-0.3, -0.25) is 0 Å². The molecule has 0 spiro atoms. The van der Waals surface area contributed by atoms with Crippen molar-refractivity contribution in [1.29, 1.82) is 0 Å². The molecule has 0 N–H and O–H groups in total. The summed E-state index contributed by atoms with van der Waals surface area (Å²) in [7, 11) is 1.61. The number of hydrogen-bond donors (Lipinski definition) is 0. The Morgan fingerprint density at radius 1 is 1.24 bits per heavy atom. The summed E-state index contributed by atoms with van der Waals surface area (Å²) in [5, 5.41) is 0.618. The lowest BCUT2D eigenvalue weighted by Gasteiger charge is -2.06. The number of ether oxygens (including phenoxy) is 1. The first-order valence-electron chi connectivity index (χ1n) is 5.14. The number of rotatable bonds is 3. The molecule has 2 aromatic rings. The lowest BCUT2D eigenvalue weighted by atomic mass is 10.1. The summed E-state index contributed by atoms with van der Waals surface area (Å²) in [6, 6.07) is 15.1. The number of thioether (sulfide) groups is 1. The molecule has 0 aromatic heterocycles. The average molecular weight is 264 g/mol. The van der Waals surface area contributed by atoms with Crippen LogP contribution in [0.3, 0.4) is 0 Å². The molecule has 0 bridgehead atoms. The zero-order valence-corrected chi connectivity index (χ0v) is 11.2. The van der Waals surface area contributed by atoms with Gasteiger partial charge in [0, 0.05) is 4.90 Å². The Kier molecular flexibility index (Phi) is 3.97. The van der Waals surface area contributed by atoms with Crippen molar-refractivity contribution >= 4 is 23.4 Å². The summed E-state index contributed by atoms with van der Waals surface area (Å²) in [5.74, 6) is 0.691. The van der Waals surface area contributed by atoms with Crippen LogP contribution in [0, 0.1) is 6.07 Å². The maximum absolute atomic E-state index is 6.09. The van der Waals surface area contributed by atoms with E-state index >= 15 is 0 Å². The van der Waals surface area contributed by atoms with Gasteiger partial charge in [0.2, 0.25) is 0 Å². The Labute approximate surface area is 111 Å². The predicted octanol–water partition coefficient (Wildman–Crippen LogP) is 4.54. The normalized spacial score (nSPS) is 10.3. The molecule has 1 nitrogen and oxygen atoms in total. The zero-order valence-electron chi connectivity index (χ0n) is 9.66. The molecule has 0 saturated heterocycles. The number of halogens is 1. The van der Waals surface area contributed by atoms with E-state index in [9.17, 15) is 0 Å². The van der Waals surface area contributed by atoms with Crippen LogP contribution < -0.4 is 4.74 Å². The van der Waals surface area contributed by atoms with E-state index in [4.69, 9.17) is 16.3 Å². The minimum absolute atomic E-state index is 0.618. The van der Waals surface area contributed by atoms with E-state index in [-0.39, 0.29) is 0 Å². The van der Waals surface area contributed by atoms with Crippen LogP contribution in [-0.4, -0.2) is 13.4 Å². The summed E-state index contributed by atoms with van der Waals surface area (Å²) in [6.45, 7) is 0. The monoisotopic (exact) mass is 263 g/mol. The molecule has 2 aromatic carbocycles. The van der Waals surface area contributed by atoms with Crippen molar-refractivity contribution in [1.82, 2.24) is 0 Å². The quantitative estimate of drug-likeness (QED) is 0.752. The Bertz CT molecular complexity index is 508. The largest absolute Gasteiger partial charge is 0.495 e. The van der Waals surface area contributed by atoms with E-state index in [2.05, 4.69) is 12.1 Å². The first-order valence-corrected chi connectivity index (χ1v) is 6.74. The van der Waals surface area contributed by atoms with Crippen LogP contribution in [0.4, 0.5) is 0 Å². The second kappa shape index (κ2) is 5.48. The first-order chi connectivity index (χ1) is 8.24. The van der Waals surface area contributed by atoms with Gasteiger partial charge in [-0.15, -0.1) is 11.8 Å². The molecule has 0 aliphatic carbocycles. The summed E-state index contributed by atoms with van der Waals surface area (Å²) in [6.07, 6.45) is 2.05. The van der Waals surface area contributed by atoms with Crippen molar-refractivity contribution in [2.24, 2.45) is 0 Å². The highest BCUT2D eigenvalue weighted by Crippen LogP contribution is 2.30. The van der Waals surface area contributed by atoms with Crippen molar-refractivity contribution in [3.05, 3.63) is 47.5 Å². The van der Waals surface area contributed by atoms with E-state index in [1.807, 2.05) is 36.6 Å². The van der Waals surface area contributed by atoms with Gasteiger partial charge in [0.1, 0.15) is 5.75 Å². The summed E-state index contributed by atoms with van der Waals surface area (Å²) in [5.41, 5.74) is 2.08. The van der Waals surface area contributed by atoms with Crippen molar-refractivity contribution in [2.75, 3.05) is 13.4 Å². The molecule has 1 radical (unpaired) electrons. The molecular formula is C14H12ClOS. The molecule has 0 aliphatic heterocycles. The third-order valence-electron chi connectivity index (χ3n) is 2.48.